The molecule has 0 saturated heterocycles. The Labute approximate surface area is 175 Å². The Hall–Kier alpha value is -3.94. The number of carbonyl (C=O) groups is 1. The molecular formula is C23H17FN2O5. The van der Waals surface area contributed by atoms with E-state index in [2.05, 4.69) is 5.10 Å². The second-order valence-electron chi connectivity index (χ2n) is 7.36. The van der Waals surface area contributed by atoms with Gasteiger partial charge in [-0.15, -0.1) is 0 Å². The Bertz CT molecular complexity index is 1370. The van der Waals surface area contributed by atoms with Gasteiger partial charge in [-0.05, 0) is 55.7 Å². The number of phenolic OH excluding ortho intramolecular Hbond substituents is 1. The fraction of sp³-hybridized carbons (Fsp3) is 0.174. The van der Waals surface area contributed by atoms with Crippen LogP contribution in [-0.4, -0.2) is 20.9 Å². The van der Waals surface area contributed by atoms with E-state index in [1.54, 1.807) is 22.9 Å². The monoisotopic (exact) mass is 420 g/mol. The highest BCUT2D eigenvalue weighted by Gasteiger charge is 2.28. The molecule has 0 unspecified atom stereocenters. The maximum atomic E-state index is 13.3. The van der Waals surface area contributed by atoms with Crippen LogP contribution in [0.1, 0.15) is 33.7 Å². The molecule has 0 radical (unpaired) electrons. The average molecular weight is 420 g/mol. The minimum absolute atomic E-state index is 0.0355. The van der Waals surface area contributed by atoms with Gasteiger partial charge in [-0.25, -0.2) is 18.7 Å². The standard InChI is InChI=1S/C23H17FN2O5/c24-14-4-6-15(7-5-14)26-19-3-1-2-18(19)22(25-26)23(29)30-12-13-10-21(28)31-20-11-16(27)8-9-17(13)20/h4-11,27H,1-3,12H2. The summed E-state index contributed by atoms with van der Waals surface area (Å²) in [6, 6.07) is 11.6. The zero-order valence-electron chi connectivity index (χ0n) is 16.3. The summed E-state index contributed by atoms with van der Waals surface area (Å²) in [6.07, 6.45) is 2.36. The number of ether oxygens (including phenoxy) is 1. The molecule has 0 amide bonds. The van der Waals surface area contributed by atoms with Crippen LogP contribution in [0.15, 0.2) is 57.7 Å². The normalized spacial score (nSPS) is 12.8. The first-order valence-corrected chi connectivity index (χ1v) is 9.79. The molecule has 0 aliphatic heterocycles. The Kier molecular flexibility index (Phi) is 4.54. The molecule has 156 valence electrons. The zero-order valence-corrected chi connectivity index (χ0v) is 16.3. The molecule has 31 heavy (non-hydrogen) atoms. The zero-order chi connectivity index (χ0) is 21.5. The summed E-state index contributed by atoms with van der Waals surface area (Å²) in [6.45, 7) is -0.149. The van der Waals surface area contributed by atoms with Crippen LogP contribution >= 0.6 is 0 Å². The lowest BCUT2D eigenvalue weighted by Crippen LogP contribution is -2.11. The lowest BCUT2D eigenvalue weighted by Gasteiger charge is -2.07. The number of esters is 1. The first kappa shape index (κ1) is 19.0. The summed E-state index contributed by atoms with van der Waals surface area (Å²) in [4.78, 5) is 24.7. The number of hydrogen-bond acceptors (Lipinski definition) is 6. The van der Waals surface area contributed by atoms with Gasteiger partial charge >= 0.3 is 11.6 Å². The van der Waals surface area contributed by atoms with Crippen LogP contribution in [0.4, 0.5) is 4.39 Å². The molecule has 0 saturated carbocycles. The number of carbonyl (C=O) groups excluding carboxylic acids is 1. The molecule has 1 N–H and O–H groups in total. The molecule has 0 bridgehead atoms. The largest absolute Gasteiger partial charge is 0.508 e. The van der Waals surface area contributed by atoms with Crippen LogP contribution in [0.5, 0.6) is 5.75 Å². The van der Waals surface area contributed by atoms with Crippen molar-refractivity contribution in [2.45, 2.75) is 25.9 Å². The van der Waals surface area contributed by atoms with E-state index < -0.39 is 11.6 Å². The molecule has 0 spiro atoms. The van der Waals surface area contributed by atoms with Crippen LogP contribution < -0.4 is 5.63 Å². The first-order valence-electron chi connectivity index (χ1n) is 9.79. The van der Waals surface area contributed by atoms with Crippen molar-refractivity contribution in [3.8, 4) is 11.4 Å². The highest BCUT2D eigenvalue weighted by molar-refractivity contribution is 5.90. The molecule has 5 rings (SSSR count). The first-order chi connectivity index (χ1) is 15.0. The van der Waals surface area contributed by atoms with Gasteiger partial charge in [0.15, 0.2) is 5.69 Å². The smallest absolute Gasteiger partial charge is 0.359 e. The summed E-state index contributed by atoms with van der Waals surface area (Å²) >= 11 is 0. The van der Waals surface area contributed by atoms with Crippen LogP contribution in [0.3, 0.4) is 0 Å². The molecule has 7 nitrogen and oxygen atoms in total. The quantitative estimate of drug-likeness (QED) is 0.400. The summed E-state index contributed by atoms with van der Waals surface area (Å²) in [5.41, 5.74) is 2.71. The number of rotatable bonds is 4. The SMILES string of the molecule is O=C(OCc1cc(=O)oc2cc(O)ccc12)c1nn(-c2ccc(F)cc2)c2c1CCC2. The minimum atomic E-state index is -0.606. The van der Waals surface area contributed by atoms with Crippen molar-refractivity contribution in [1.29, 1.82) is 0 Å². The van der Waals surface area contributed by atoms with Crippen LogP contribution in [0.2, 0.25) is 0 Å². The average Bonchev–Trinajstić information content (AvgIpc) is 3.35. The Morgan fingerprint density at radius 1 is 1.16 bits per heavy atom. The van der Waals surface area contributed by atoms with Gasteiger partial charge in [0.2, 0.25) is 0 Å². The molecule has 1 aliphatic rings. The Balaban J connectivity index is 1.45. The Morgan fingerprint density at radius 3 is 2.77 bits per heavy atom. The molecule has 2 aromatic heterocycles. The molecule has 2 heterocycles. The number of halogens is 1. The fourth-order valence-electron chi connectivity index (χ4n) is 3.95. The summed E-state index contributed by atoms with van der Waals surface area (Å²) < 4.78 is 25.5. The summed E-state index contributed by atoms with van der Waals surface area (Å²) in [5, 5.41) is 14.6. The van der Waals surface area contributed by atoms with E-state index in [0.717, 1.165) is 24.1 Å². The molecule has 4 aromatic rings. The van der Waals surface area contributed by atoms with Crippen molar-refractivity contribution in [2.75, 3.05) is 0 Å². The van der Waals surface area contributed by atoms with Gasteiger partial charge in [0, 0.05) is 34.3 Å². The van der Waals surface area contributed by atoms with Crippen LogP contribution in [-0.2, 0) is 24.2 Å². The maximum Gasteiger partial charge on any atom is 0.359 e. The minimum Gasteiger partial charge on any atom is -0.508 e. The van der Waals surface area contributed by atoms with Crippen molar-refractivity contribution in [3.63, 3.8) is 0 Å². The van der Waals surface area contributed by atoms with E-state index >= 15 is 0 Å². The number of hydrogen-bond donors (Lipinski definition) is 1. The van der Waals surface area contributed by atoms with Gasteiger partial charge in [0.05, 0.1) is 5.69 Å². The predicted molar refractivity (Wildman–Crippen MR) is 109 cm³/mol. The number of fused-ring (bicyclic) bond motifs is 2. The summed E-state index contributed by atoms with van der Waals surface area (Å²) in [5.74, 6) is -0.981. The van der Waals surface area contributed by atoms with Crippen molar-refractivity contribution in [2.24, 2.45) is 0 Å². The van der Waals surface area contributed by atoms with Gasteiger partial charge in [-0.1, -0.05) is 0 Å². The summed E-state index contributed by atoms with van der Waals surface area (Å²) in [7, 11) is 0. The van der Waals surface area contributed by atoms with E-state index in [1.165, 1.54) is 30.3 Å². The molecule has 0 atom stereocenters. The number of nitrogens with zero attached hydrogens (tertiary/aromatic N) is 2. The number of aromatic hydroxyl groups is 1. The maximum absolute atomic E-state index is 13.3. The lowest BCUT2D eigenvalue weighted by atomic mass is 10.1. The third-order valence-corrected chi connectivity index (χ3v) is 5.37. The van der Waals surface area contributed by atoms with E-state index in [0.29, 0.717) is 23.1 Å². The van der Waals surface area contributed by atoms with E-state index in [-0.39, 0.29) is 29.5 Å². The topological polar surface area (TPSA) is 94.6 Å². The van der Waals surface area contributed by atoms with E-state index in [9.17, 15) is 19.1 Å². The number of benzene rings is 2. The molecule has 8 heteroatoms. The van der Waals surface area contributed by atoms with Crippen LogP contribution in [0, 0.1) is 5.82 Å². The van der Waals surface area contributed by atoms with Gasteiger partial charge < -0.3 is 14.3 Å². The predicted octanol–water partition coefficient (Wildman–Crippen LogP) is 3.67. The van der Waals surface area contributed by atoms with Crippen molar-refractivity contribution < 1.29 is 23.4 Å². The molecule has 0 fully saturated rings. The van der Waals surface area contributed by atoms with Crippen molar-refractivity contribution >= 4 is 16.9 Å². The molecule has 1 aliphatic carbocycles. The van der Waals surface area contributed by atoms with E-state index in [4.69, 9.17) is 9.15 Å². The second-order valence-corrected chi connectivity index (χ2v) is 7.36. The third-order valence-electron chi connectivity index (χ3n) is 5.37. The van der Waals surface area contributed by atoms with Crippen molar-refractivity contribution in [3.05, 3.63) is 87.3 Å². The molecule has 2 aromatic carbocycles. The highest BCUT2D eigenvalue weighted by atomic mass is 19.1. The third kappa shape index (κ3) is 3.46. The molecular weight excluding hydrogens is 403 g/mol. The number of aromatic nitrogens is 2. The Morgan fingerprint density at radius 2 is 1.97 bits per heavy atom. The fourth-order valence-corrected chi connectivity index (χ4v) is 3.95. The van der Waals surface area contributed by atoms with Crippen molar-refractivity contribution in [1.82, 2.24) is 9.78 Å². The van der Waals surface area contributed by atoms with Gasteiger partial charge in [-0.2, -0.15) is 5.10 Å². The van der Waals surface area contributed by atoms with Gasteiger partial charge in [0.25, 0.3) is 0 Å². The lowest BCUT2D eigenvalue weighted by molar-refractivity contribution is 0.0465. The highest BCUT2D eigenvalue weighted by Crippen LogP contribution is 2.29. The number of phenols is 1. The van der Waals surface area contributed by atoms with E-state index in [1.807, 2.05) is 0 Å². The van der Waals surface area contributed by atoms with Gasteiger partial charge in [0.1, 0.15) is 23.8 Å². The van der Waals surface area contributed by atoms with Gasteiger partial charge in [-0.3, -0.25) is 0 Å². The van der Waals surface area contributed by atoms with Crippen LogP contribution in [0.25, 0.3) is 16.7 Å². The second kappa shape index (κ2) is 7.39.